The molecule has 114 valence electrons. The van der Waals surface area contributed by atoms with Crippen molar-refractivity contribution in [2.45, 2.75) is 40.3 Å². The molecule has 2 rings (SSSR count). The lowest BCUT2D eigenvalue weighted by atomic mass is 10.3. The molecule has 0 saturated carbocycles. The van der Waals surface area contributed by atoms with Crippen molar-refractivity contribution in [3.05, 3.63) is 36.3 Å². The first-order valence-corrected chi connectivity index (χ1v) is 7.62. The Labute approximate surface area is 127 Å². The van der Waals surface area contributed by atoms with Crippen LogP contribution in [0, 0.1) is 0 Å². The van der Waals surface area contributed by atoms with Crippen molar-refractivity contribution in [3.63, 3.8) is 0 Å². The van der Waals surface area contributed by atoms with E-state index in [-0.39, 0.29) is 0 Å². The van der Waals surface area contributed by atoms with Gasteiger partial charge in [-0.05, 0) is 39.8 Å². The molecule has 1 N–H and O–H groups in total. The number of nitrogens with one attached hydrogen (secondary N) is 1. The van der Waals surface area contributed by atoms with Crippen LogP contribution in [-0.4, -0.2) is 27.9 Å². The SMILES string of the molecule is CCN(CC)c1ccc(NCc2cnn(C(C)C)c2)cn1. The van der Waals surface area contributed by atoms with Crippen LogP contribution in [0.5, 0.6) is 0 Å². The van der Waals surface area contributed by atoms with Gasteiger partial charge in [0.25, 0.3) is 0 Å². The Morgan fingerprint density at radius 2 is 1.95 bits per heavy atom. The zero-order chi connectivity index (χ0) is 15.2. The number of nitrogens with zero attached hydrogens (tertiary/aromatic N) is 4. The molecule has 0 atom stereocenters. The summed E-state index contributed by atoms with van der Waals surface area (Å²) in [5.41, 5.74) is 2.21. The van der Waals surface area contributed by atoms with E-state index in [1.54, 1.807) is 0 Å². The van der Waals surface area contributed by atoms with E-state index in [1.165, 1.54) is 5.56 Å². The molecule has 0 bridgehead atoms. The van der Waals surface area contributed by atoms with Crippen LogP contribution in [0.2, 0.25) is 0 Å². The summed E-state index contributed by atoms with van der Waals surface area (Å²) < 4.78 is 1.97. The summed E-state index contributed by atoms with van der Waals surface area (Å²) in [5.74, 6) is 1.03. The molecule has 0 amide bonds. The van der Waals surface area contributed by atoms with Crippen LogP contribution >= 0.6 is 0 Å². The average Bonchev–Trinajstić information content (AvgIpc) is 2.97. The van der Waals surface area contributed by atoms with E-state index in [0.717, 1.165) is 31.1 Å². The first-order chi connectivity index (χ1) is 10.1. The molecule has 0 fully saturated rings. The molecular formula is C16H25N5. The highest BCUT2D eigenvalue weighted by Gasteiger charge is 2.04. The highest BCUT2D eigenvalue weighted by molar-refractivity contribution is 5.48. The average molecular weight is 287 g/mol. The summed E-state index contributed by atoms with van der Waals surface area (Å²) in [6.45, 7) is 11.3. The van der Waals surface area contributed by atoms with Gasteiger partial charge in [0, 0.05) is 37.4 Å². The number of aromatic nitrogens is 3. The number of hydrogen-bond acceptors (Lipinski definition) is 4. The van der Waals surface area contributed by atoms with Crippen molar-refractivity contribution in [1.82, 2.24) is 14.8 Å². The Morgan fingerprint density at radius 3 is 2.48 bits per heavy atom. The van der Waals surface area contributed by atoms with Crippen LogP contribution < -0.4 is 10.2 Å². The van der Waals surface area contributed by atoms with Crippen molar-refractivity contribution in [1.29, 1.82) is 0 Å². The Morgan fingerprint density at radius 1 is 1.19 bits per heavy atom. The maximum Gasteiger partial charge on any atom is 0.128 e. The molecule has 0 aliphatic carbocycles. The fourth-order valence-electron chi connectivity index (χ4n) is 2.18. The highest BCUT2D eigenvalue weighted by Crippen LogP contribution is 2.15. The third kappa shape index (κ3) is 3.97. The van der Waals surface area contributed by atoms with Crippen molar-refractivity contribution in [3.8, 4) is 0 Å². The quantitative estimate of drug-likeness (QED) is 0.848. The first kappa shape index (κ1) is 15.4. The number of anilines is 2. The normalized spacial score (nSPS) is 10.9. The monoisotopic (exact) mass is 287 g/mol. The largest absolute Gasteiger partial charge is 0.380 e. The Bertz CT molecular complexity index is 540. The lowest BCUT2D eigenvalue weighted by molar-refractivity contribution is 0.532. The number of hydrogen-bond donors (Lipinski definition) is 1. The second kappa shape index (κ2) is 7.11. The maximum atomic E-state index is 4.51. The summed E-state index contributed by atoms with van der Waals surface area (Å²) in [6, 6.07) is 4.54. The minimum atomic E-state index is 0.397. The summed E-state index contributed by atoms with van der Waals surface area (Å²) in [7, 11) is 0. The zero-order valence-corrected chi connectivity index (χ0v) is 13.4. The minimum absolute atomic E-state index is 0.397. The van der Waals surface area contributed by atoms with E-state index in [4.69, 9.17) is 0 Å². The van der Waals surface area contributed by atoms with E-state index < -0.39 is 0 Å². The van der Waals surface area contributed by atoms with Crippen LogP contribution in [-0.2, 0) is 6.54 Å². The molecule has 0 aliphatic heterocycles. The molecule has 2 aromatic heterocycles. The van der Waals surface area contributed by atoms with Gasteiger partial charge in [-0.1, -0.05) is 0 Å². The van der Waals surface area contributed by atoms with Gasteiger partial charge in [0.2, 0.25) is 0 Å². The molecule has 5 nitrogen and oxygen atoms in total. The van der Waals surface area contributed by atoms with Crippen LogP contribution in [0.4, 0.5) is 11.5 Å². The molecule has 0 aliphatic rings. The lowest BCUT2D eigenvalue weighted by Crippen LogP contribution is -2.22. The van der Waals surface area contributed by atoms with Crippen LogP contribution in [0.15, 0.2) is 30.7 Å². The summed E-state index contributed by atoms with van der Waals surface area (Å²) in [6.07, 6.45) is 5.88. The second-order valence-electron chi connectivity index (χ2n) is 5.35. The van der Waals surface area contributed by atoms with Gasteiger partial charge in [0.15, 0.2) is 0 Å². The summed E-state index contributed by atoms with van der Waals surface area (Å²) in [4.78, 5) is 6.74. The molecule has 0 unspecified atom stereocenters. The van der Waals surface area contributed by atoms with Crippen molar-refractivity contribution >= 4 is 11.5 Å². The molecule has 2 heterocycles. The lowest BCUT2D eigenvalue weighted by Gasteiger charge is -2.19. The first-order valence-electron chi connectivity index (χ1n) is 7.62. The third-order valence-electron chi connectivity index (χ3n) is 3.52. The van der Waals surface area contributed by atoms with E-state index >= 15 is 0 Å². The van der Waals surface area contributed by atoms with E-state index in [1.807, 2.05) is 17.1 Å². The molecule has 5 heteroatoms. The predicted molar refractivity (Wildman–Crippen MR) is 87.7 cm³/mol. The fourth-order valence-corrected chi connectivity index (χ4v) is 2.18. The number of pyridine rings is 1. The Hall–Kier alpha value is -2.04. The van der Waals surface area contributed by atoms with Gasteiger partial charge in [-0.25, -0.2) is 4.98 Å². The molecule has 0 radical (unpaired) electrons. The van der Waals surface area contributed by atoms with Gasteiger partial charge in [0.05, 0.1) is 18.1 Å². The van der Waals surface area contributed by atoms with Crippen molar-refractivity contribution < 1.29 is 0 Å². The van der Waals surface area contributed by atoms with Crippen molar-refractivity contribution in [2.75, 3.05) is 23.3 Å². The van der Waals surface area contributed by atoms with Gasteiger partial charge in [-0.15, -0.1) is 0 Å². The van der Waals surface area contributed by atoms with Crippen LogP contribution in [0.1, 0.15) is 39.3 Å². The standard InChI is InChI=1S/C16H25N5/c1-5-20(6-2)16-8-7-15(11-18-16)17-9-14-10-19-21(12-14)13(3)4/h7-8,10-13,17H,5-6,9H2,1-4H3. The fraction of sp³-hybridized carbons (Fsp3) is 0.500. The molecule has 0 saturated heterocycles. The highest BCUT2D eigenvalue weighted by atomic mass is 15.3. The third-order valence-corrected chi connectivity index (χ3v) is 3.52. The minimum Gasteiger partial charge on any atom is -0.380 e. The predicted octanol–water partition coefficient (Wildman–Crippen LogP) is 3.32. The second-order valence-corrected chi connectivity index (χ2v) is 5.35. The molecular weight excluding hydrogens is 262 g/mol. The van der Waals surface area contributed by atoms with Crippen molar-refractivity contribution in [2.24, 2.45) is 0 Å². The number of rotatable bonds is 7. The van der Waals surface area contributed by atoms with Crippen LogP contribution in [0.3, 0.4) is 0 Å². The molecule has 0 spiro atoms. The van der Waals surface area contributed by atoms with Gasteiger partial charge < -0.3 is 10.2 Å². The molecule has 2 aromatic rings. The summed E-state index contributed by atoms with van der Waals surface area (Å²) in [5, 5.41) is 7.72. The Balaban J connectivity index is 1.94. The van der Waals surface area contributed by atoms with Gasteiger partial charge in [0.1, 0.15) is 5.82 Å². The van der Waals surface area contributed by atoms with Crippen LogP contribution in [0.25, 0.3) is 0 Å². The molecule has 21 heavy (non-hydrogen) atoms. The van der Waals surface area contributed by atoms with Gasteiger partial charge in [-0.3, -0.25) is 4.68 Å². The zero-order valence-electron chi connectivity index (χ0n) is 13.4. The van der Waals surface area contributed by atoms with E-state index in [0.29, 0.717) is 6.04 Å². The smallest absolute Gasteiger partial charge is 0.128 e. The topological polar surface area (TPSA) is 46.0 Å². The van der Waals surface area contributed by atoms with Gasteiger partial charge in [-0.2, -0.15) is 5.10 Å². The Kier molecular flexibility index (Phi) is 5.20. The summed E-state index contributed by atoms with van der Waals surface area (Å²) >= 11 is 0. The maximum absolute atomic E-state index is 4.51. The van der Waals surface area contributed by atoms with E-state index in [9.17, 15) is 0 Å². The molecule has 0 aromatic carbocycles. The van der Waals surface area contributed by atoms with E-state index in [2.05, 4.69) is 66.3 Å². The van der Waals surface area contributed by atoms with Gasteiger partial charge >= 0.3 is 0 Å².